The Morgan fingerprint density at radius 3 is 1.82 bits per heavy atom. The fourth-order valence-electron chi connectivity index (χ4n) is 3.47. The molecule has 0 saturated carbocycles. The number of oxime groups is 1. The van der Waals surface area contributed by atoms with E-state index in [0.717, 1.165) is 22.3 Å². The predicted molar refractivity (Wildman–Crippen MR) is 118 cm³/mol. The van der Waals surface area contributed by atoms with Gasteiger partial charge in [0, 0.05) is 10.9 Å². The van der Waals surface area contributed by atoms with Crippen LogP contribution in [-0.4, -0.2) is 16.0 Å². The van der Waals surface area contributed by atoms with Crippen molar-refractivity contribution in [1.82, 2.24) is 0 Å². The smallest absolute Gasteiger partial charge is 0.123 e. The third-order valence-corrected chi connectivity index (χ3v) is 5.29. The summed E-state index contributed by atoms with van der Waals surface area (Å²) in [5, 5.41) is 24.7. The molecule has 1 unspecified atom stereocenters. The summed E-state index contributed by atoms with van der Waals surface area (Å²) in [6, 6.07) is 11.5. The van der Waals surface area contributed by atoms with Crippen LogP contribution in [-0.2, 0) is 17.3 Å². The molecule has 1 atom stereocenters. The zero-order valence-corrected chi connectivity index (χ0v) is 18.7. The molecule has 0 heterocycles. The molecule has 0 saturated heterocycles. The van der Waals surface area contributed by atoms with Crippen LogP contribution >= 0.6 is 11.6 Å². The molecule has 0 amide bonds. The minimum absolute atomic E-state index is 0.00337. The number of nitrogens with zero attached hydrogens (tertiary/aromatic N) is 1. The molecule has 0 aliphatic carbocycles. The van der Waals surface area contributed by atoms with Crippen molar-refractivity contribution in [1.29, 1.82) is 0 Å². The average molecular weight is 402 g/mol. The van der Waals surface area contributed by atoms with Gasteiger partial charge in [0.25, 0.3) is 0 Å². The first-order valence-corrected chi connectivity index (χ1v) is 10.1. The van der Waals surface area contributed by atoms with Gasteiger partial charge in [0.05, 0.1) is 5.71 Å². The van der Waals surface area contributed by atoms with E-state index in [-0.39, 0.29) is 16.7 Å². The Hall–Kier alpha value is -2.00. The van der Waals surface area contributed by atoms with Crippen molar-refractivity contribution in [3.05, 3.63) is 63.7 Å². The van der Waals surface area contributed by atoms with Gasteiger partial charge in [-0.05, 0) is 51.6 Å². The minimum Gasteiger partial charge on any atom is -0.507 e. The lowest BCUT2D eigenvalue weighted by Crippen LogP contribution is -2.20. The van der Waals surface area contributed by atoms with Gasteiger partial charge >= 0.3 is 0 Å². The molecule has 152 valence electrons. The maximum atomic E-state index is 10.9. The second kappa shape index (κ2) is 8.16. The highest BCUT2D eigenvalue weighted by Crippen LogP contribution is 2.40. The van der Waals surface area contributed by atoms with E-state index in [2.05, 4.69) is 58.8 Å². The summed E-state index contributed by atoms with van der Waals surface area (Å²) >= 11 is 5.98. The van der Waals surface area contributed by atoms with Gasteiger partial charge in [0.15, 0.2) is 0 Å². The van der Waals surface area contributed by atoms with Gasteiger partial charge in [-0.15, -0.1) is 0 Å². The van der Waals surface area contributed by atoms with Crippen LogP contribution in [0.5, 0.6) is 5.75 Å². The Kier molecular flexibility index (Phi) is 6.50. The lowest BCUT2D eigenvalue weighted by molar-refractivity contribution is 0.315. The molecule has 0 aliphatic heterocycles. The summed E-state index contributed by atoms with van der Waals surface area (Å²) in [4.78, 5) is 0. The fourth-order valence-corrected chi connectivity index (χ4v) is 3.59. The third-order valence-electron chi connectivity index (χ3n) is 5.04. The van der Waals surface area contributed by atoms with Crippen LogP contribution in [0.1, 0.15) is 70.7 Å². The van der Waals surface area contributed by atoms with E-state index in [1.54, 1.807) is 12.1 Å². The van der Waals surface area contributed by atoms with Crippen molar-refractivity contribution in [3.63, 3.8) is 0 Å². The largest absolute Gasteiger partial charge is 0.507 e. The van der Waals surface area contributed by atoms with E-state index < -0.39 is 0 Å². The van der Waals surface area contributed by atoms with Gasteiger partial charge in [0.2, 0.25) is 0 Å². The maximum Gasteiger partial charge on any atom is 0.123 e. The summed E-state index contributed by atoms with van der Waals surface area (Å²) in [7, 11) is 0. The number of phenols is 1. The van der Waals surface area contributed by atoms with Crippen LogP contribution in [0.4, 0.5) is 0 Å². The van der Waals surface area contributed by atoms with Crippen molar-refractivity contribution >= 4 is 17.3 Å². The number of rotatable bonds is 4. The molecule has 28 heavy (non-hydrogen) atoms. The lowest BCUT2D eigenvalue weighted by atomic mass is 9.77. The van der Waals surface area contributed by atoms with Crippen LogP contribution in [0.25, 0.3) is 0 Å². The van der Waals surface area contributed by atoms with Crippen molar-refractivity contribution in [2.24, 2.45) is 11.1 Å². The predicted octanol–water partition coefficient (Wildman–Crippen LogP) is 6.70. The first kappa shape index (κ1) is 22.3. The normalized spacial score (nSPS) is 14.2. The van der Waals surface area contributed by atoms with Crippen LogP contribution < -0.4 is 0 Å². The third kappa shape index (κ3) is 5.08. The highest BCUT2D eigenvalue weighted by Gasteiger charge is 2.27. The Labute approximate surface area is 174 Å². The fraction of sp³-hybridized carbons (Fsp3) is 0.458. The number of benzene rings is 2. The second-order valence-electron chi connectivity index (χ2n) is 9.64. The van der Waals surface area contributed by atoms with Crippen molar-refractivity contribution < 1.29 is 10.3 Å². The Bertz CT molecular complexity index is 821. The van der Waals surface area contributed by atoms with Crippen molar-refractivity contribution in [2.75, 3.05) is 0 Å². The van der Waals surface area contributed by atoms with E-state index in [0.29, 0.717) is 22.9 Å². The molecule has 0 fully saturated rings. The number of phenolic OH excluding ortho intramolecular Hbond substituents is 1. The SMILES string of the molecule is CC(Cc1cc(C(C)(C)C)c(O)c(C(C)(C)C)c1)C(=NO)c1ccc(Cl)cc1. The van der Waals surface area contributed by atoms with E-state index in [4.69, 9.17) is 11.6 Å². The van der Waals surface area contributed by atoms with Crippen LogP contribution in [0.3, 0.4) is 0 Å². The monoisotopic (exact) mass is 401 g/mol. The number of halogens is 1. The topological polar surface area (TPSA) is 52.8 Å². The van der Waals surface area contributed by atoms with Gasteiger partial charge in [0.1, 0.15) is 5.75 Å². The molecular weight excluding hydrogens is 370 g/mol. The Morgan fingerprint density at radius 2 is 1.43 bits per heavy atom. The summed E-state index contributed by atoms with van der Waals surface area (Å²) in [6.07, 6.45) is 0.703. The molecule has 2 aromatic rings. The Balaban J connectivity index is 2.45. The zero-order chi connectivity index (χ0) is 21.3. The van der Waals surface area contributed by atoms with E-state index in [1.807, 2.05) is 19.1 Å². The van der Waals surface area contributed by atoms with E-state index in [1.165, 1.54) is 0 Å². The average Bonchev–Trinajstić information content (AvgIpc) is 2.56. The highest BCUT2D eigenvalue weighted by atomic mass is 35.5. The molecule has 2 N–H and O–H groups in total. The van der Waals surface area contributed by atoms with Gasteiger partial charge < -0.3 is 10.3 Å². The second-order valence-corrected chi connectivity index (χ2v) is 10.1. The molecule has 0 aromatic heterocycles. The summed E-state index contributed by atoms with van der Waals surface area (Å²) in [6.45, 7) is 14.7. The molecule has 3 nitrogen and oxygen atoms in total. The van der Waals surface area contributed by atoms with Gasteiger partial charge in [-0.25, -0.2) is 0 Å². The molecule has 0 radical (unpaired) electrons. The molecule has 2 aromatic carbocycles. The molecular formula is C24H32ClNO2. The standard InChI is InChI=1S/C24H32ClNO2/c1-15(21(26-28)17-8-10-18(25)11-9-17)12-16-13-19(23(2,3)4)22(27)20(14-16)24(5,6)7/h8-11,13-15,27-28H,12H2,1-7H3. The van der Waals surface area contributed by atoms with E-state index in [9.17, 15) is 10.3 Å². The molecule has 0 bridgehead atoms. The maximum absolute atomic E-state index is 10.9. The molecule has 4 heteroatoms. The van der Waals surface area contributed by atoms with Crippen LogP contribution in [0.2, 0.25) is 5.02 Å². The van der Waals surface area contributed by atoms with E-state index >= 15 is 0 Å². The quantitative estimate of drug-likeness (QED) is 0.340. The van der Waals surface area contributed by atoms with Crippen molar-refractivity contribution in [3.8, 4) is 5.75 Å². The molecule has 0 spiro atoms. The summed E-state index contributed by atoms with van der Waals surface area (Å²) in [5.74, 6) is 0.376. The number of hydrogen-bond donors (Lipinski definition) is 2. The van der Waals surface area contributed by atoms with Crippen LogP contribution in [0, 0.1) is 5.92 Å². The first-order chi connectivity index (χ1) is 12.8. The minimum atomic E-state index is -0.173. The summed E-state index contributed by atoms with van der Waals surface area (Å²) < 4.78 is 0. The van der Waals surface area contributed by atoms with Crippen LogP contribution in [0.15, 0.2) is 41.6 Å². The van der Waals surface area contributed by atoms with Gasteiger partial charge in [-0.3, -0.25) is 0 Å². The lowest BCUT2D eigenvalue weighted by Gasteiger charge is -2.28. The first-order valence-electron chi connectivity index (χ1n) is 9.69. The molecule has 2 rings (SSSR count). The van der Waals surface area contributed by atoms with Gasteiger partial charge in [-0.1, -0.05) is 89.5 Å². The summed E-state index contributed by atoms with van der Waals surface area (Å²) in [5.41, 5.74) is 4.13. The zero-order valence-electron chi connectivity index (χ0n) is 18.0. The van der Waals surface area contributed by atoms with Gasteiger partial charge in [-0.2, -0.15) is 0 Å². The number of hydrogen-bond acceptors (Lipinski definition) is 3. The highest BCUT2D eigenvalue weighted by molar-refractivity contribution is 6.30. The molecule has 0 aliphatic rings. The Morgan fingerprint density at radius 1 is 0.964 bits per heavy atom. The van der Waals surface area contributed by atoms with Crippen molar-refractivity contribution in [2.45, 2.75) is 65.7 Å². The number of aromatic hydroxyl groups is 1.